The Morgan fingerprint density at radius 2 is 1.67 bits per heavy atom. The molecule has 2 saturated heterocycles. The Morgan fingerprint density at radius 3 is 2.21 bits per heavy atom. The number of aliphatic carboxylic acids is 1. The molecule has 5 atom stereocenters. The number of amides is 2. The molecule has 0 radical (unpaired) electrons. The number of carboxylic acid groups (broad SMARTS) is 1. The Kier molecular flexibility index (Phi) is 7.72. The van der Waals surface area contributed by atoms with Crippen molar-refractivity contribution in [3.63, 3.8) is 0 Å². The summed E-state index contributed by atoms with van der Waals surface area (Å²) < 4.78 is 95.0. The fraction of sp³-hybridized carbons (Fsp3) is 0.533. The highest BCUT2D eigenvalue weighted by Gasteiger charge is 2.66. The number of hydrogen-bond donors (Lipinski definition) is 1. The van der Waals surface area contributed by atoms with Gasteiger partial charge in [-0.2, -0.15) is 26.3 Å². The van der Waals surface area contributed by atoms with Crippen LogP contribution in [0.4, 0.5) is 35.5 Å². The summed E-state index contributed by atoms with van der Waals surface area (Å²) in [6, 6.07) is 3.07. The molecule has 6 nitrogen and oxygen atoms in total. The first-order valence-electron chi connectivity index (χ1n) is 14.0. The molecule has 0 spiro atoms. The van der Waals surface area contributed by atoms with Gasteiger partial charge in [0.25, 0.3) is 0 Å². The van der Waals surface area contributed by atoms with Gasteiger partial charge in [0, 0.05) is 32.7 Å². The lowest BCUT2D eigenvalue weighted by molar-refractivity contribution is -0.144. The Hall–Kier alpha value is -3.35. The molecule has 0 bridgehead atoms. The molecule has 5 rings (SSSR count). The Labute approximate surface area is 244 Å². The highest BCUT2D eigenvalue weighted by Crippen LogP contribution is 2.59. The van der Waals surface area contributed by atoms with Crippen molar-refractivity contribution in [3.8, 4) is 0 Å². The summed E-state index contributed by atoms with van der Waals surface area (Å²) in [7, 11) is 1.33. The number of aryl methyl sites for hydroxylation is 1. The second-order valence-electron chi connectivity index (χ2n) is 12.1. The third-order valence-corrected chi connectivity index (χ3v) is 9.50. The highest BCUT2D eigenvalue weighted by atomic mass is 19.4. The minimum atomic E-state index is -5.03. The third-order valence-electron chi connectivity index (χ3n) is 9.50. The number of carbonyl (C=O) groups excluding carboxylic acids is 1. The van der Waals surface area contributed by atoms with Crippen molar-refractivity contribution < 1.29 is 45.4 Å². The summed E-state index contributed by atoms with van der Waals surface area (Å²) in [6.45, 7) is 4.28. The number of halogens is 7. The molecule has 2 heterocycles. The van der Waals surface area contributed by atoms with Gasteiger partial charge in [0.2, 0.25) is 0 Å². The Balaban J connectivity index is 1.43. The van der Waals surface area contributed by atoms with Gasteiger partial charge in [0.15, 0.2) is 0 Å². The fourth-order valence-corrected chi connectivity index (χ4v) is 6.76. The zero-order valence-corrected chi connectivity index (χ0v) is 23.8. The van der Waals surface area contributed by atoms with Crippen LogP contribution in [-0.4, -0.2) is 64.5 Å². The normalized spacial score (nSPS) is 26.7. The Bertz CT molecular complexity index is 1400. The van der Waals surface area contributed by atoms with E-state index in [1.54, 1.807) is 13.0 Å². The average molecular weight is 616 g/mol. The molecule has 0 aromatic heterocycles. The first kappa shape index (κ1) is 31.1. The van der Waals surface area contributed by atoms with E-state index in [9.17, 15) is 45.4 Å². The maximum atomic E-state index is 14.0. The summed E-state index contributed by atoms with van der Waals surface area (Å²) in [5.41, 5.74) is -2.75. The van der Waals surface area contributed by atoms with E-state index < -0.39 is 58.8 Å². The van der Waals surface area contributed by atoms with Crippen LogP contribution in [0.3, 0.4) is 0 Å². The minimum Gasteiger partial charge on any atom is -0.481 e. The zero-order valence-electron chi connectivity index (χ0n) is 23.8. The number of urea groups is 1. The number of alkyl halides is 6. The fourth-order valence-electron chi connectivity index (χ4n) is 6.76. The largest absolute Gasteiger partial charge is 0.481 e. The molecular formula is C30H32F7N3O3. The predicted octanol–water partition coefficient (Wildman–Crippen LogP) is 6.90. The lowest BCUT2D eigenvalue weighted by Crippen LogP contribution is -2.52. The Morgan fingerprint density at radius 1 is 1.05 bits per heavy atom. The van der Waals surface area contributed by atoms with E-state index in [1.165, 1.54) is 31.0 Å². The molecule has 3 fully saturated rings. The molecule has 3 aliphatic rings. The van der Waals surface area contributed by atoms with Gasteiger partial charge >= 0.3 is 24.4 Å². The second kappa shape index (κ2) is 10.7. The van der Waals surface area contributed by atoms with Gasteiger partial charge in [-0.15, -0.1) is 0 Å². The van der Waals surface area contributed by atoms with Crippen molar-refractivity contribution in [2.45, 2.75) is 63.6 Å². The van der Waals surface area contributed by atoms with Crippen LogP contribution >= 0.6 is 0 Å². The number of carbonyl (C=O) groups is 2. The van der Waals surface area contributed by atoms with Crippen LogP contribution in [0.5, 0.6) is 0 Å². The van der Waals surface area contributed by atoms with Gasteiger partial charge in [-0.25, -0.2) is 9.18 Å². The molecular weight excluding hydrogens is 583 g/mol. The topological polar surface area (TPSA) is 64.1 Å². The molecule has 2 aromatic rings. The summed E-state index contributed by atoms with van der Waals surface area (Å²) in [4.78, 5) is 30.5. The molecule has 1 N–H and O–H groups in total. The summed E-state index contributed by atoms with van der Waals surface area (Å²) in [5, 5.41) is 9.72. The van der Waals surface area contributed by atoms with E-state index in [0.717, 1.165) is 4.90 Å². The molecule has 2 amide bonds. The van der Waals surface area contributed by atoms with E-state index in [2.05, 4.69) is 4.90 Å². The van der Waals surface area contributed by atoms with Crippen LogP contribution in [0.25, 0.3) is 0 Å². The van der Waals surface area contributed by atoms with Crippen molar-refractivity contribution in [1.29, 1.82) is 0 Å². The van der Waals surface area contributed by atoms with Gasteiger partial charge < -0.3 is 14.9 Å². The molecule has 13 heteroatoms. The van der Waals surface area contributed by atoms with Crippen molar-refractivity contribution in [1.82, 2.24) is 14.7 Å². The van der Waals surface area contributed by atoms with Crippen LogP contribution in [0.1, 0.15) is 66.1 Å². The van der Waals surface area contributed by atoms with Crippen molar-refractivity contribution in [2.24, 2.45) is 11.3 Å². The van der Waals surface area contributed by atoms with E-state index in [-0.39, 0.29) is 30.1 Å². The summed E-state index contributed by atoms with van der Waals surface area (Å²) >= 11 is 0. The number of piperidine rings is 2. The number of fused-ring (bicyclic) bond motifs is 1. The number of carboxylic acids is 1. The average Bonchev–Trinajstić information content (AvgIpc) is 3.51. The molecule has 43 heavy (non-hydrogen) atoms. The first-order chi connectivity index (χ1) is 19.9. The molecule has 234 valence electrons. The van der Waals surface area contributed by atoms with E-state index in [1.807, 2.05) is 0 Å². The lowest BCUT2D eigenvalue weighted by Gasteiger charge is -2.45. The van der Waals surface area contributed by atoms with Gasteiger partial charge in [-0.05, 0) is 86.1 Å². The molecule has 2 aromatic carbocycles. The molecule has 1 saturated carbocycles. The summed E-state index contributed by atoms with van der Waals surface area (Å²) in [6.07, 6.45) is -8.52. The van der Waals surface area contributed by atoms with Crippen LogP contribution in [0, 0.1) is 24.1 Å². The van der Waals surface area contributed by atoms with Crippen molar-refractivity contribution in [3.05, 3.63) is 70.0 Å². The maximum Gasteiger partial charge on any atom is 0.416 e. The smallest absolute Gasteiger partial charge is 0.416 e. The standard InChI is InChI=1S/C30H32F7N3O3/c1-16-8-22(31)4-5-24(16)25-12-23(39-14-21-13-28(21,15-39)26(41)42)6-7-40(25)27(43)38(3)17(2)18-9-19(29(32,33)34)11-20(10-18)30(35,36)37/h4-5,8-11,17,21,23,25H,6-7,12-15H2,1-3H3,(H,41,42)/t17?,21-,23-,25+,28-/m0/s1. The van der Waals surface area contributed by atoms with Crippen LogP contribution in [0.15, 0.2) is 36.4 Å². The lowest BCUT2D eigenvalue weighted by atomic mass is 9.88. The first-order valence-corrected chi connectivity index (χ1v) is 14.0. The quantitative estimate of drug-likeness (QED) is 0.372. The number of hydrogen-bond acceptors (Lipinski definition) is 3. The van der Waals surface area contributed by atoms with Gasteiger partial charge in [-0.1, -0.05) is 6.07 Å². The van der Waals surface area contributed by atoms with Crippen molar-refractivity contribution >= 4 is 12.0 Å². The predicted molar refractivity (Wildman–Crippen MR) is 141 cm³/mol. The van der Waals surface area contributed by atoms with E-state index in [0.29, 0.717) is 55.6 Å². The molecule has 1 aliphatic carbocycles. The van der Waals surface area contributed by atoms with E-state index in [4.69, 9.17) is 0 Å². The van der Waals surface area contributed by atoms with Crippen molar-refractivity contribution in [2.75, 3.05) is 26.7 Å². The van der Waals surface area contributed by atoms with Gasteiger partial charge in [-0.3, -0.25) is 9.69 Å². The molecule has 2 aliphatic heterocycles. The van der Waals surface area contributed by atoms with Gasteiger partial charge in [0.1, 0.15) is 5.82 Å². The number of nitrogens with zero attached hydrogens (tertiary/aromatic N) is 3. The number of benzene rings is 2. The third kappa shape index (κ3) is 5.80. The second-order valence-corrected chi connectivity index (χ2v) is 12.1. The monoisotopic (exact) mass is 615 g/mol. The number of rotatable bonds is 5. The highest BCUT2D eigenvalue weighted by molar-refractivity contribution is 5.79. The SMILES string of the molecule is Cc1cc(F)ccc1[C@H]1C[C@@H](N2C[C@@H]3C[C@]3(C(=O)O)C2)CCN1C(=O)N(C)C(C)c1cc(C(F)(F)F)cc(C(F)(F)F)c1. The maximum absolute atomic E-state index is 14.0. The number of likely N-dealkylation sites (tertiary alicyclic amines) is 2. The zero-order chi connectivity index (χ0) is 31.6. The minimum absolute atomic E-state index is 0.0486. The van der Waals surface area contributed by atoms with E-state index >= 15 is 0 Å². The van der Waals surface area contributed by atoms with Crippen LogP contribution < -0.4 is 0 Å². The van der Waals surface area contributed by atoms with Crippen LogP contribution in [0.2, 0.25) is 0 Å². The van der Waals surface area contributed by atoms with Crippen LogP contribution in [-0.2, 0) is 17.1 Å². The summed E-state index contributed by atoms with van der Waals surface area (Å²) in [5.74, 6) is -1.22. The molecule has 1 unspecified atom stereocenters. The van der Waals surface area contributed by atoms with Gasteiger partial charge in [0.05, 0.1) is 28.6 Å².